The highest BCUT2D eigenvalue weighted by molar-refractivity contribution is 7.18. The Hall–Kier alpha value is -1.40. The van der Waals surface area contributed by atoms with E-state index in [-0.39, 0.29) is 0 Å². The van der Waals surface area contributed by atoms with Crippen LogP contribution in [0.15, 0.2) is 6.07 Å². The van der Waals surface area contributed by atoms with E-state index in [1.165, 1.54) is 10.3 Å². The summed E-state index contributed by atoms with van der Waals surface area (Å²) >= 11 is 1.74. The second-order valence-electron chi connectivity index (χ2n) is 5.62. The number of aryl methyl sites for hydroxylation is 1. The molecule has 1 fully saturated rings. The number of hydrogen-bond acceptors (Lipinski definition) is 6. The van der Waals surface area contributed by atoms with E-state index < -0.39 is 0 Å². The average Bonchev–Trinajstić information content (AvgIpc) is 2.86. The van der Waals surface area contributed by atoms with Crippen LogP contribution in [0, 0.1) is 6.92 Å². The smallest absolute Gasteiger partial charge is 0.225 e. The Kier molecular flexibility index (Phi) is 3.99. The summed E-state index contributed by atoms with van der Waals surface area (Å²) in [6.07, 6.45) is 0. The minimum Gasteiger partial charge on any atom is -0.357 e. The Labute approximate surface area is 130 Å². The number of thiophene rings is 1. The molecule has 1 saturated heterocycles. The van der Waals surface area contributed by atoms with Crippen molar-refractivity contribution in [3.63, 3.8) is 0 Å². The fraction of sp³-hybridized carbons (Fsp3) is 0.600. The van der Waals surface area contributed by atoms with E-state index in [4.69, 9.17) is 4.98 Å². The second-order valence-corrected chi connectivity index (χ2v) is 6.86. The van der Waals surface area contributed by atoms with Gasteiger partial charge in [0.25, 0.3) is 0 Å². The molecule has 1 unspecified atom stereocenters. The summed E-state index contributed by atoms with van der Waals surface area (Å²) < 4.78 is 0. The molecule has 0 aromatic carbocycles. The van der Waals surface area contributed by atoms with Gasteiger partial charge in [0.05, 0.1) is 5.39 Å². The van der Waals surface area contributed by atoms with Crippen LogP contribution in [0.2, 0.25) is 0 Å². The molecule has 2 aromatic rings. The van der Waals surface area contributed by atoms with Gasteiger partial charge in [0.15, 0.2) is 0 Å². The molecular weight excluding hydrogens is 282 g/mol. The maximum absolute atomic E-state index is 4.73. The second kappa shape index (κ2) is 5.77. The third-order valence-corrected chi connectivity index (χ3v) is 5.13. The monoisotopic (exact) mass is 305 g/mol. The zero-order valence-corrected chi connectivity index (χ0v) is 14.0. The molecule has 3 rings (SSSR count). The Bertz CT molecular complexity index is 638. The summed E-state index contributed by atoms with van der Waals surface area (Å²) in [6.45, 7) is 10.9. The molecule has 21 heavy (non-hydrogen) atoms. The van der Waals surface area contributed by atoms with E-state index in [2.05, 4.69) is 46.9 Å². The number of piperazine rings is 1. The van der Waals surface area contributed by atoms with Gasteiger partial charge in [-0.05, 0) is 26.5 Å². The number of hydrogen-bond donors (Lipinski definition) is 1. The lowest BCUT2D eigenvalue weighted by atomic mass is 10.2. The average molecular weight is 305 g/mol. The first-order chi connectivity index (χ1) is 10.1. The van der Waals surface area contributed by atoms with E-state index in [1.807, 2.05) is 7.05 Å². The Balaban J connectivity index is 1.99. The third-order valence-electron chi connectivity index (χ3n) is 4.19. The maximum atomic E-state index is 4.73. The molecule has 1 aliphatic heterocycles. The Morgan fingerprint density at radius 1 is 1.38 bits per heavy atom. The van der Waals surface area contributed by atoms with Crippen molar-refractivity contribution in [2.75, 3.05) is 43.4 Å². The molecule has 0 saturated carbocycles. The Morgan fingerprint density at radius 3 is 2.86 bits per heavy atom. The number of anilines is 2. The van der Waals surface area contributed by atoms with Crippen LogP contribution >= 0.6 is 11.3 Å². The van der Waals surface area contributed by atoms with E-state index in [0.29, 0.717) is 12.0 Å². The summed E-state index contributed by atoms with van der Waals surface area (Å²) in [7, 11) is 1.88. The number of likely N-dealkylation sites (N-methyl/N-ethyl adjacent to an activating group) is 1. The van der Waals surface area contributed by atoms with Gasteiger partial charge in [-0.2, -0.15) is 4.98 Å². The molecule has 1 aliphatic rings. The van der Waals surface area contributed by atoms with Crippen molar-refractivity contribution in [3.05, 3.63) is 10.9 Å². The predicted molar refractivity (Wildman–Crippen MR) is 90.6 cm³/mol. The zero-order chi connectivity index (χ0) is 15.0. The molecule has 5 nitrogen and oxygen atoms in total. The van der Waals surface area contributed by atoms with Crippen molar-refractivity contribution in [2.45, 2.75) is 26.8 Å². The fourth-order valence-electron chi connectivity index (χ4n) is 3.04. The molecule has 0 aliphatic carbocycles. The molecular formula is C15H23N5S. The van der Waals surface area contributed by atoms with Crippen LogP contribution in [-0.2, 0) is 0 Å². The summed E-state index contributed by atoms with van der Waals surface area (Å²) in [6, 6.07) is 2.78. The van der Waals surface area contributed by atoms with Crippen LogP contribution in [0.1, 0.15) is 18.7 Å². The van der Waals surface area contributed by atoms with E-state index in [1.54, 1.807) is 11.3 Å². The SMILES string of the molecule is CCN1CCN(c2nc(NC)nc3sc(C)cc23)CC1C. The first-order valence-corrected chi connectivity index (χ1v) is 8.39. The van der Waals surface area contributed by atoms with Gasteiger partial charge in [0, 0.05) is 37.6 Å². The molecule has 6 heteroatoms. The maximum Gasteiger partial charge on any atom is 0.225 e. The van der Waals surface area contributed by atoms with Crippen molar-refractivity contribution in [2.24, 2.45) is 0 Å². The van der Waals surface area contributed by atoms with Crippen LogP contribution in [0.5, 0.6) is 0 Å². The van der Waals surface area contributed by atoms with Gasteiger partial charge in [-0.15, -0.1) is 11.3 Å². The summed E-state index contributed by atoms with van der Waals surface area (Å²) in [5.74, 6) is 1.79. The summed E-state index contributed by atoms with van der Waals surface area (Å²) in [5.41, 5.74) is 0. The van der Waals surface area contributed by atoms with Crippen LogP contribution in [0.3, 0.4) is 0 Å². The van der Waals surface area contributed by atoms with Gasteiger partial charge in [0.2, 0.25) is 5.95 Å². The lowest BCUT2D eigenvalue weighted by molar-refractivity contribution is 0.199. The number of rotatable bonds is 3. The Morgan fingerprint density at radius 2 is 2.19 bits per heavy atom. The number of nitrogens with one attached hydrogen (secondary N) is 1. The zero-order valence-electron chi connectivity index (χ0n) is 13.2. The number of aromatic nitrogens is 2. The summed E-state index contributed by atoms with van der Waals surface area (Å²) in [5, 5.41) is 4.27. The predicted octanol–water partition coefficient (Wildman–Crippen LogP) is 2.57. The van der Waals surface area contributed by atoms with E-state index in [0.717, 1.165) is 36.8 Å². The molecule has 0 amide bonds. The van der Waals surface area contributed by atoms with Gasteiger partial charge in [-0.1, -0.05) is 6.92 Å². The first-order valence-electron chi connectivity index (χ1n) is 7.57. The molecule has 0 spiro atoms. The van der Waals surface area contributed by atoms with Crippen molar-refractivity contribution in [3.8, 4) is 0 Å². The number of fused-ring (bicyclic) bond motifs is 1. The highest BCUT2D eigenvalue weighted by Gasteiger charge is 2.25. The molecule has 3 heterocycles. The molecule has 2 aromatic heterocycles. The third kappa shape index (κ3) is 2.70. The van der Waals surface area contributed by atoms with E-state index in [9.17, 15) is 0 Å². The molecule has 0 radical (unpaired) electrons. The normalized spacial score (nSPS) is 20.2. The van der Waals surface area contributed by atoms with Crippen molar-refractivity contribution in [1.29, 1.82) is 0 Å². The van der Waals surface area contributed by atoms with Gasteiger partial charge in [-0.25, -0.2) is 4.98 Å². The first kappa shape index (κ1) is 14.5. The van der Waals surface area contributed by atoms with Crippen LogP contribution in [0.25, 0.3) is 10.2 Å². The topological polar surface area (TPSA) is 44.3 Å². The highest BCUT2D eigenvalue weighted by Crippen LogP contribution is 2.32. The van der Waals surface area contributed by atoms with Crippen LogP contribution < -0.4 is 10.2 Å². The van der Waals surface area contributed by atoms with Gasteiger partial charge in [-0.3, -0.25) is 4.90 Å². The van der Waals surface area contributed by atoms with Crippen molar-refractivity contribution in [1.82, 2.24) is 14.9 Å². The molecule has 114 valence electrons. The largest absolute Gasteiger partial charge is 0.357 e. The van der Waals surface area contributed by atoms with Crippen molar-refractivity contribution >= 4 is 33.3 Å². The standard InChI is InChI=1S/C15H23N5S/c1-5-19-6-7-20(9-10(19)2)13-12-8-11(3)21-14(12)18-15(16-4)17-13/h8,10H,5-7,9H2,1-4H3,(H,16,17,18). The molecule has 1 N–H and O–H groups in total. The number of nitrogens with zero attached hydrogens (tertiary/aromatic N) is 4. The van der Waals surface area contributed by atoms with Gasteiger partial charge in [0.1, 0.15) is 10.6 Å². The summed E-state index contributed by atoms with van der Waals surface area (Å²) in [4.78, 5) is 16.6. The van der Waals surface area contributed by atoms with Gasteiger partial charge < -0.3 is 10.2 Å². The lowest BCUT2D eigenvalue weighted by Gasteiger charge is -2.40. The van der Waals surface area contributed by atoms with Crippen molar-refractivity contribution < 1.29 is 0 Å². The van der Waals surface area contributed by atoms with E-state index >= 15 is 0 Å². The fourth-order valence-corrected chi connectivity index (χ4v) is 3.91. The minimum absolute atomic E-state index is 0.562. The lowest BCUT2D eigenvalue weighted by Crippen LogP contribution is -2.52. The molecule has 1 atom stereocenters. The quantitative estimate of drug-likeness (QED) is 0.944. The minimum atomic E-state index is 0.562. The van der Waals surface area contributed by atoms with Gasteiger partial charge >= 0.3 is 0 Å². The highest BCUT2D eigenvalue weighted by atomic mass is 32.1. The molecule has 0 bridgehead atoms. The van der Waals surface area contributed by atoms with Crippen LogP contribution in [0.4, 0.5) is 11.8 Å². The van der Waals surface area contributed by atoms with Crippen LogP contribution in [-0.4, -0.2) is 54.1 Å².